The number of allylic oxidation sites excluding steroid dienone is 2. The van der Waals surface area contributed by atoms with Crippen LogP contribution in [0.4, 0.5) is 17.1 Å². The molecule has 5 nitrogen and oxygen atoms in total. The van der Waals surface area contributed by atoms with Gasteiger partial charge in [0.15, 0.2) is 0 Å². The SMILES string of the molecule is CCN=C1C=CC(=NNc2ccc(N=Nc3ccccc3)c3ccccc23)c2ccccc21. The van der Waals surface area contributed by atoms with E-state index in [1.165, 1.54) is 0 Å². The Morgan fingerprint density at radius 2 is 1.30 bits per heavy atom. The highest BCUT2D eigenvalue weighted by Crippen LogP contribution is 2.33. The maximum absolute atomic E-state index is 4.73. The second kappa shape index (κ2) is 9.40. The quantitative estimate of drug-likeness (QED) is 0.260. The van der Waals surface area contributed by atoms with Crippen LogP contribution in [0, 0.1) is 0 Å². The van der Waals surface area contributed by atoms with Gasteiger partial charge in [-0.1, -0.05) is 66.7 Å². The van der Waals surface area contributed by atoms with Gasteiger partial charge in [0, 0.05) is 28.4 Å². The highest BCUT2D eigenvalue weighted by Gasteiger charge is 2.15. The van der Waals surface area contributed by atoms with Gasteiger partial charge >= 0.3 is 0 Å². The molecule has 0 bridgehead atoms. The molecule has 0 amide bonds. The van der Waals surface area contributed by atoms with E-state index in [1.54, 1.807) is 0 Å². The van der Waals surface area contributed by atoms with Gasteiger partial charge < -0.3 is 0 Å². The number of hydrogen-bond acceptors (Lipinski definition) is 5. The maximum atomic E-state index is 4.73. The molecule has 0 saturated heterocycles. The van der Waals surface area contributed by atoms with Gasteiger partial charge in [0.25, 0.3) is 0 Å². The summed E-state index contributed by atoms with van der Waals surface area (Å²) in [5.74, 6) is 0. The first-order valence-corrected chi connectivity index (χ1v) is 11.0. The highest BCUT2D eigenvalue weighted by atomic mass is 15.3. The second-order valence-electron chi connectivity index (χ2n) is 7.56. The number of rotatable bonds is 5. The Balaban J connectivity index is 1.48. The number of nitrogens with one attached hydrogen (secondary N) is 1. The minimum absolute atomic E-state index is 0.749. The van der Waals surface area contributed by atoms with Gasteiger partial charge in [-0.25, -0.2) is 0 Å². The third kappa shape index (κ3) is 4.34. The molecule has 160 valence electrons. The lowest BCUT2D eigenvalue weighted by molar-refractivity contribution is 1.13. The molecule has 33 heavy (non-hydrogen) atoms. The number of benzene rings is 4. The van der Waals surface area contributed by atoms with Crippen molar-refractivity contribution in [2.45, 2.75) is 6.92 Å². The first-order valence-electron chi connectivity index (χ1n) is 11.0. The van der Waals surface area contributed by atoms with E-state index in [4.69, 9.17) is 5.10 Å². The molecule has 0 heterocycles. The summed E-state index contributed by atoms with van der Waals surface area (Å²) in [6, 6.07) is 30.1. The summed E-state index contributed by atoms with van der Waals surface area (Å²) in [4.78, 5) is 4.60. The van der Waals surface area contributed by atoms with Crippen molar-refractivity contribution in [2.24, 2.45) is 20.3 Å². The van der Waals surface area contributed by atoms with Crippen molar-refractivity contribution < 1.29 is 0 Å². The number of fused-ring (bicyclic) bond motifs is 2. The smallest absolute Gasteiger partial charge is 0.0936 e. The normalized spacial score (nSPS) is 15.4. The third-order valence-electron chi connectivity index (χ3n) is 5.43. The van der Waals surface area contributed by atoms with Gasteiger partial charge in [-0.3, -0.25) is 10.4 Å². The van der Waals surface area contributed by atoms with Crippen LogP contribution in [0.2, 0.25) is 0 Å². The zero-order valence-corrected chi connectivity index (χ0v) is 18.3. The summed E-state index contributed by atoms with van der Waals surface area (Å²) in [7, 11) is 0. The number of anilines is 1. The molecule has 0 radical (unpaired) electrons. The van der Waals surface area contributed by atoms with Crippen molar-refractivity contribution in [3.8, 4) is 0 Å². The van der Waals surface area contributed by atoms with Crippen LogP contribution in [-0.4, -0.2) is 18.0 Å². The molecule has 1 aliphatic rings. The number of nitrogens with zero attached hydrogens (tertiary/aromatic N) is 4. The summed E-state index contributed by atoms with van der Waals surface area (Å²) in [5, 5.41) is 15.6. The number of hydrazone groups is 1. The van der Waals surface area contributed by atoms with E-state index in [2.05, 4.69) is 44.9 Å². The zero-order chi connectivity index (χ0) is 22.5. The largest absolute Gasteiger partial charge is 0.285 e. The molecule has 0 spiro atoms. The van der Waals surface area contributed by atoms with Crippen molar-refractivity contribution in [1.29, 1.82) is 0 Å². The molecule has 0 saturated carbocycles. The maximum Gasteiger partial charge on any atom is 0.0936 e. The first kappa shape index (κ1) is 20.5. The van der Waals surface area contributed by atoms with Crippen LogP contribution in [-0.2, 0) is 0 Å². The van der Waals surface area contributed by atoms with Crippen molar-refractivity contribution in [3.05, 3.63) is 114 Å². The summed E-state index contributed by atoms with van der Waals surface area (Å²) >= 11 is 0. The predicted molar refractivity (Wildman–Crippen MR) is 137 cm³/mol. The van der Waals surface area contributed by atoms with Crippen LogP contribution in [0.1, 0.15) is 18.1 Å². The lowest BCUT2D eigenvalue weighted by Crippen LogP contribution is -2.14. The van der Waals surface area contributed by atoms with E-state index in [-0.39, 0.29) is 0 Å². The Morgan fingerprint density at radius 1 is 0.636 bits per heavy atom. The van der Waals surface area contributed by atoms with E-state index in [0.29, 0.717) is 0 Å². The molecule has 5 heteroatoms. The molecule has 4 aromatic carbocycles. The Bertz CT molecular complexity index is 1410. The average molecular weight is 430 g/mol. The highest BCUT2D eigenvalue weighted by molar-refractivity contribution is 6.25. The van der Waals surface area contributed by atoms with Crippen LogP contribution in [0.25, 0.3) is 10.8 Å². The van der Waals surface area contributed by atoms with Gasteiger partial charge in [-0.2, -0.15) is 10.2 Å². The van der Waals surface area contributed by atoms with E-state index < -0.39 is 0 Å². The summed E-state index contributed by atoms with van der Waals surface area (Å²) in [6.45, 7) is 2.79. The average Bonchev–Trinajstić information content (AvgIpc) is 2.88. The minimum Gasteiger partial charge on any atom is -0.285 e. The van der Waals surface area contributed by atoms with Gasteiger partial charge in [-0.05, 0) is 43.3 Å². The molecular formula is C28H23N5. The fourth-order valence-corrected chi connectivity index (χ4v) is 3.87. The van der Waals surface area contributed by atoms with Crippen LogP contribution < -0.4 is 5.43 Å². The minimum atomic E-state index is 0.749. The monoisotopic (exact) mass is 429 g/mol. The van der Waals surface area contributed by atoms with Crippen LogP contribution in [0.15, 0.2) is 123 Å². The second-order valence-corrected chi connectivity index (χ2v) is 7.56. The fourth-order valence-electron chi connectivity index (χ4n) is 3.87. The van der Waals surface area contributed by atoms with Crippen molar-refractivity contribution in [1.82, 2.24) is 0 Å². The molecule has 0 aromatic heterocycles. The molecule has 0 unspecified atom stereocenters. The summed E-state index contributed by atoms with van der Waals surface area (Å²) in [5.41, 5.74) is 9.85. The van der Waals surface area contributed by atoms with Crippen molar-refractivity contribution in [2.75, 3.05) is 12.0 Å². The van der Waals surface area contributed by atoms with Gasteiger partial charge in [0.2, 0.25) is 0 Å². The van der Waals surface area contributed by atoms with Gasteiger partial charge in [-0.15, -0.1) is 5.11 Å². The van der Waals surface area contributed by atoms with E-state index >= 15 is 0 Å². The van der Waals surface area contributed by atoms with Crippen molar-refractivity contribution >= 4 is 39.3 Å². The molecule has 0 atom stereocenters. The number of hydrogen-bond donors (Lipinski definition) is 1. The zero-order valence-electron chi connectivity index (χ0n) is 18.3. The summed E-state index contributed by atoms with van der Waals surface area (Å²) in [6.07, 6.45) is 4.03. The first-order chi connectivity index (χ1) is 16.3. The Hall–Kier alpha value is -4.38. The summed E-state index contributed by atoms with van der Waals surface area (Å²) < 4.78 is 0. The van der Waals surface area contributed by atoms with E-state index in [9.17, 15) is 0 Å². The number of azo groups is 1. The van der Waals surface area contributed by atoms with E-state index in [0.717, 1.165) is 56.9 Å². The van der Waals surface area contributed by atoms with Crippen molar-refractivity contribution in [3.63, 3.8) is 0 Å². The van der Waals surface area contributed by atoms with Gasteiger partial charge in [0.1, 0.15) is 0 Å². The Labute approximate surface area is 192 Å². The lowest BCUT2D eigenvalue weighted by atomic mass is 9.94. The molecule has 1 N–H and O–H groups in total. The van der Waals surface area contributed by atoms with Crippen LogP contribution in [0.5, 0.6) is 0 Å². The topological polar surface area (TPSA) is 61.5 Å². The number of aliphatic imine (C=N–C) groups is 1. The molecule has 5 rings (SSSR count). The predicted octanol–water partition coefficient (Wildman–Crippen LogP) is 7.45. The third-order valence-corrected chi connectivity index (χ3v) is 5.43. The Morgan fingerprint density at radius 3 is 2.09 bits per heavy atom. The van der Waals surface area contributed by atoms with Crippen LogP contribution >= 0.6 is 0 Å². The van der Waals surface area contributed by atoms with Gasteiger partial charge in [0.05, 0.1) is 28.5 Å². The molecule has 4 aromatic rings. The lowest BCUT2D eigenvalue weighted by Gasteiger charge is -2.15. The fraction of sp³-hybridized carbons (Fsp3) is 0.0714. The molecular weight excluding hydrogens is 406 g/mol. The van der Waals surface area contributed by atoms with E-state index in [1.807, 2.05) is 85.8 Å². The Kier molecular flexibility index (Phi) is 5.85. The molecule has 0 aliphatic heterocycles. The van der Waals surface area contributed by atoms with Crippen LogP contribution in [0.3, 0.4) is 0 Å². The molecule has 0 fully saturated rings. The molecule has 1 aliphatic carbocycles. The standard InChI is InChI=1S/C28H23N5/c1-2-29-25-16-17-27(22-13-7-6-12-21(22)25)32-33-28-19-18-26(23-14-8-9-15-24(23)28)31-30-20-10-4-3-5-11-20/h3-19,33H,2H2,1H3.